The fourth-order valence-electron chi connectivity index (χ4n) is 24.7. The Kier molecular flexibility index (Phi) is 16.4. The average Bonchev–Trinajstić information content (AvgIpc) is 1.53. The highest BCUT2D eigenvalue weighted by molar-refractivity contribution is 6.16. The molecule has 0 aliphatic heterocycles. The van der Waals surface area contributed by atoms with Crippen LogP contribution in [0.25, 0.3) is 177 Å². The maximum atomic E-state index is 2.54. The van der Waals surface area contributed by atoms with Crippen LogP contribution in [0.2, 0.25) is 0 Å². The van der Waals surface area contributed by atoms with Gasteiger partial charge in [-0.1, -0.05) is 380 Å². The smallest absolute Gasteiger partial charge is 0.0734 e. The minimum absolute atomic E-state index is 0.0157. The normalized spacial score (nSPS) is 14.2. The van der Waals surface area contributed by atoms with Crippen LogP contribution in [-0.4, -0.2) is 18.3 Å². The Hall–Kier alpha value is -16.4. The number of hydrogen-bond acceptors (Lipinski definition) is 0. The van der Waals surface area contributed by atoms with Crippen LogP contribution < -0.4 is 0 Å². The fourth-order valence-corrected chi connectivity index (χ4v) is 24.7. The molecule has 0 unspecified atom stereocenters. The van der Waals surface area contributed by atoms with Crippen LogP contribution in [0.15, 0.2) is 461 Å². The zero-order valence-corrected chi connectivity index (χ0v) is 73.7. The van der Waals surface area contributed by atoms with Crippen molar-refractivity contribution in [1.82, 2.24) is 18.3 Å². The lowest BCUT2D eigenvalue weighted by Crippen LogP contribution is -2.29. The average molecular weight is 1680 g/mol. The Balaban J connectivity index is 0.000000141. The van der Waals surface area contributed by atoms with Crippen molar-refractivity contribution in [2.45, 2.75) is 49.4 Å². The molecule has 24 aromatic rings. The summed E-state index contributed by atoms with van der Waals surface area (Å²) >= 11 is 0. The lowest BCUT2D eigenvalue weighted by Gasteiger charge is -2.35. The molecule has 0 N–H and O–H groups in total. The summed E-state index contributed by atoms with van der Waals surface area (Å²) in [6.45, 7) is 9.39. The van der Waals surface area contributed by atoms with E-state index >= 15 is 0 Å². The molecule has 4 heterocycles. The van der Waals surface area contributed by atoms with E-state index in [0.29, 0.717) is 0 Å². The maximum absolute atomic E-state index is 2.54. The molecule has 4 aromatic heterocycles. The van der Waals surface area contributed by atoms with Crippen LogP contribution in [0, 0.1) is 0 Å². The van der Waals surface area contributed by atoms with E-state index in [1.165, 1.54) is 243 Å². The molecule has 0 fully saturated rings. The largest absolute Gasteiger partial charge is 0.309 e. The topological polar surface area (TPSA) is 19.7 Å². The van der Waals surface area contributed by atoms with Gasteiger partial charge in [-0.2, -0.15) is 0 Å². The van der Waals surface area contributed by atoms with Gasteiger partial charge in [-0.15, -0.1) is 0 Å². The minimum atomic E-state index is -0.550. The van der Waals surface area contributed by atoms with Crippen molar-refractivity contribution < 1.29 is 0 Å². The third-order valence-corrected chi connectivity index (χ3v) is 30.4. The highest BCUT2D eigenvalue weighted by atomic mass is 15.0. The number of fused-ring (bicyclic) bond motifs is 24. The monoisotopic (exact) mass is 1680 g/mol. The van der Waals surface area contributed by atoms with Crippen LogP contribution in [0.3, 0.4) is 0 Å². The van der Waals surface area contributed by atoms with Crippen LogP contribution in [0.1, 0.15) is 94.5 Å². The Morgan fingerprint density at radius 2 is 0.402 bits per heavy atom. The van der Waals surface area contributed by atoms with Crippen molar-refractivity contribution in [2.75, 3.05) is 0 Å². The molecule has 28 rings (SSSR count). The van der Waals surface area contributed by atoms with Gasteiger partial charge in [0.1, 0.15) is 0 Å². The van der Waals surface area contributed by atoms with Crippen LogP contribution in [0.5, 0.6) is 0 Å². The molecule has 0 radical (unpaired) electrons. The van der Waals surface area contributed by atoms with Crippen LogP contribution in [-0.2, 0) is 21.7 Å². The predicted molar refractivity (Wildman–Crippen MR) is 551 cm³/mol. The van der Waals surface area contributed by atoms with Gasteiger partial charge in [0.2, 0.25) is 0 Å². The van der Waals surface area contributed by atoms with E-state index in [4.69, 9.17) is 0 Å². The number of rotatable bonds is 10. The number of hydrogen-bond donors (Lipinski definition) is 0. The number of para-hydroxylation sites is 4. The van der Waals surface area contributed by atoms with Crippen LogP contribution in [0.4, 0.5) is 0 Å². The third-order valence-electron chi connectivity index (χ3n) is 30.4. The molecule has 0 bridgehead atoms. The Morgan fingerprint density at radius 3 is 0.727 bits per heavy atom. The van der Waals surface area contributed by atoms with Gasteiger partial charge in [0.05, 0.1) is 66.3 Å². The highest BCUT2D eigenvalue weighted by Crippen LogP contribution is 2.62. The second-order valence-electron chi connectivity index (χ2n) is 37.6. The first-order valence-corrected chi connectivity index (χ1v) is 46.4. The molecule has 20 aromatic carbocycles. The molecule has 620 valence electrons. The van der Waals surface area contributed by atoms with Gasteiger partial charge < -0.3 is 18.3 Å². The van der Waals surface area contributed by atoms with E-state index in [1.807, 2.05) is 0 Å². The number of aromatic nitrogens is 4. The summed E-state index contributed by atoms with van der Waals surface area (Å²) in [7, 11) is 0. The van der Waals surface area contributed by atoms with Gasteiger partial charge >= 0.3 is 0 Å². The fraction of sp³-hybridized carbons (Fsp3) is 0.0625. The molecule has 4 nitrogen and oxygen atoms in total. The predicted octanol–water partition coefficient (Wildman–Crippen LogP) is 32.4. The summed E-state index contributed by atoms with van der Waals surface area (Å²) in [4.78, 5) is 0. The molecule has 0 saturated carbocycles. The third kappa shape index (κ3) is 10.5. The zero-order valence-electron chi connectivity index (χ0n) is 73.7. The van der Waals surface area contributed by atoms with Gasteiger partial charge in [-0.3, -0.25) is 0 Å². The summed E-state index contributed by atoms with van der Waals surface area (Å²) in [5.74, 6) is 0. The van der Waals surface area contributed by atoms with Crippen molar-refractivity contribution in [3.63, 3.8) is 0 Å². The summed E-state index contributed by atoms with van der Waals surface area (Å²) < 4.78 is 9.99. The second-order valence-corrected chi connectivity index (χ2v) is 37.6. The Morgan fingerprint density at radius 1 is 0.159 bits per heavy atom. The van der Waals surface area contributed by atoms with E-state index in [2.05, 4.69) is 507 Å². The first-order valence-electron chi connectivity index (χ1n) is 46.4. The van der Waals surface area contributed by atoms with E-state index in [-0.39, 0.29) is 10.8 Å². The summed E-state index contributed by atoms with van der Waals surface area (Å²) in [5, 5.41) is 9.99. The lowest BCUT2D eigenvalue weighted by atomic mass is 9.67. The molecular weight excluding hydrogens is 1590 g/mol. The summed E-state index contributed by atoms with van der Waals surface area (Å²) in [6, 6.07) is 173. The van der Waals surface area contributed by atoms with Gasteiger partial charge in [-0.25, -0.2) is 0 Å². The van der Waals surface area contributed by atoms with E-state index in [1.54, 1.807) is 0 Å². The lowest BCUT2D eigenvalue weighted by molar-refractivity contribution is 0.660. The first-order chi connectivity index (χ1) is 65.0. The van der Waals surface area contributed by atoms with E-state index in [0.717, 1.165) is 0 Å². The molecule has 0 amide bonds. The quantitative estimate of drug-likeness (QED) is 0.130. The van der Waals surface area contributed by atoms with Crippen molar-refractivity contribution in [2.24, 2.45) is 0 Å². The SMILES string of the molecule is CC1(C)c2ccccc2-c2cc(-n3c4ccccc4c4cc(-c5ccc6c(c5)c5ccccc5n6-c5ccc6c(c5)-c5ccccc5C6(C)C)ccc43)ccc21.c1ccc(C2(c3ccccc3)c3ccccc3-c3cccc(-n4c5ccccc5c5cc(-c6ccc7c(c6)c6ccccc6n7-c6cccc7c6C(c6ccccc6)(c6ccccc6)c6ccccc6-7)ccc54)c32)cc1. The summed E-state index contributed by atoms with van der Waals surface area (Å²) in [6.07, 6.45) is 0. The molecule has 0 spiro atoms. The molecule has 132 heavy (non-hydrogen) atoms. The van der Waals surface area contributed by atoms with Crippen molar-refractivity contribution in [1.29, 1.82) is 0 Å². The molecule has 4 heteroatoms. The van der Waals surface area contributed by atoms with Gasteiger partial charge in [0, 0.05) is 76.4 Å². The van der Waals surface area contributed by atoms with Gasteiger partial charge in [0.25, 0.3) is 0 Å². The van der Waals surface area contributed by atoms with Crippen molar-refractivity contribution in [3.8, 4) is 89.5 Å². The van der Waals surface area contributed by atoms with E-state index < -0.39 is 10.8 Å². The molecule has 4 aliphatic rings. The van der Waals surface area contributed by atoms with Crippen molar-refractivity contribution >= 4 is 87.2 Å². The summed E-state index contributed by atoms with van der Waals surface area (Å²) in [5.41, 5.74) is 44.4. The molecular formula is C128H88N4. The van der Waals surface area contributed by atoms with Crippen LogP contribution >= 0.6 is 0 Å². The Bertz CT molecular complexity index is 8350. The maximum Gasteiger partial charge on any atom is 0.0734 e. The Labute approximate surface area is 766 Å². The first kappa shape index (κ1) is 75.7. The molecule has 0 saturated heterocycles. The van der Waals surface area contributed by atoms with Crippen molar-refractivity contribution in [3.05, 3.63) is 528 Å². The highest BCUT2D eigenvalue weighted by Gasteiger charge is 2.50. The van der Waals surface area contributed by atoms with Gasteiger partial charge in [0.15, 0.2) is 0 Å². The van der Waals surface area contributed by atoms with E-state index in [9.17, 15) is 0 Å². The zero-order chi connectivity index (χ0) is 87.5. The number of benzene rings is 20. The molecule has 0 atom stereocenters. The van der Waals surface area contributed by atoms with Gasteiger partial charge in [-0.05, 0) is 232 Å². The second kappa shape index (κ2) is 28.5. The number of nitrogens with zero attached hydrogens (tertiary/aromatic N) is 4. The standard InChI is InChI=1S/C74H48N2.C54H40N2/c1-5-23-51(24-6-1)73(52-25-7-2-8-26-52)63-37-17-13-31-55(63)59-35-21-41-69(71(59)73)75-65-39-19-15-33-57(65)61-47-49(43-45-67(61)75)50-44-46-68-62(48-50)58-34-16-20-40-66(58)76(68)70-42-22-36-60-56-32-14-18-38-64(56)74(72(60)70,53-27-9-3-10-28-53)54-29-11-4-12-30-54;1-53(2)45-17-9-5-13-37(45)41-31-35(23-25-47(41)53)55-49-19-11-7-15-39(49)43-29-33(21-27-51(43)55)34-22-28-52-44(30-34)40-16-8-12-20-50(40)56(52)36-24-26-48-42(32-36)38-14-6-10-18-46(38)54(48,3)4/h1-48H;5-32H,1-4H3. The minimum Gasteiger partial charge on any atom is -0.309 e. The molecule has 4 aliphatic carbocycles.